The predicted molar refractivity (Wildman–Crippen MR) is 171 cm³/mol. The van der Waals surface area contributed by atoms with Gasteiger partial charge in [0.2, 0.25) is 5.78 Å². The van der Waals surface area contributed by atoms with Gasteiger partial charge in [-0.25, -0.2) is 0 Å². The number of carbonyl (C=O) groups excluding carboxylic acids is 2. The van der Waals surface area contributed by atoms with Gasteiger partial charge in [0.1, 0.15) is 22.8 Å². The van der Waals surface area contributed by atoms with E-state index in [1.807, 2.05) is 32.6 Å². The van der Waals surface area contributed by atoms with Crippen LogP contribution in [0.3, 0.4) is 0 Å². The van der Waals surface area contributed by atoms with Crippen LogP contribution in [0.25, 0.3) is 0 Å². The number of aromatic nitrogens is 1. The highest BCUT2D eigenvalue weighted by molar-refractivity contribution is 6.16. The zero-order valence-electron chi connectivity index (χ0n) is 28.7. The average molecular weight is 657 g/mol. The van der Waals surface area contributed by atoms with E-state index in [0.717, 1.165) is 25.7 Å². The zero-order valence-corrected chi connectivity index (χ0v) is 28.7. The summed E-state index contributed by atoms with van der Waals surface area (Å²) >= 11 is 0. The number of aliphatic hydroxyl groups excluding tert-OH is 1. The summed E-state index contributed by atoms with van der Waals surface area (Å²) in [5.74, 6) is -2.41. The average Bonchev–Trinajstić information content (AvgIpc) is 3.44. The Morgan fingerprint density at radius 2 is 1.72 bits per heavy atom. The molecule has 0 fully saturated rings. The minimum Gasteiger partial charge on any atom is -0.508 e. The van der Waals surface area contributed by atoms with Gasteiger partial charge >= 0.3 is 0 Å². The standard InChI is InChI=1S/C35H48N2O10/c1-9-11-13-44-23-17-21(34(42-7)43-8)29(46-18(3)4)20-15-19-16-22-27(37(5)6)30-26(33(36-47-30)45-14-12-10-2)32(40)35(22,41)31(39)24(19)28(38)25(20)23/h17-19,22,27,34,39,41H,9-16H2,1-8H3/t19-,22-,27-,35-/m0/s1. The zero-order chi connectivity index (χ0) is 34.2. The summed E-state index contributed by atoms with van der Waals surface area (Å²) in [6.07, 6.45) is 2.65. The summed E-state index contributed by atoms with van der Waals surface area (Å²) in [5.41, 5.74) is -1.02. The Kier molecular flexibility index (Phi) is 10.4. The quantitative estimate of drug-likeness (QED) is 0.194. The molecule has 0 saturated carbocycles. The third-order valence-electron chi connectivity index (χ3n) is 9.39. The molecule has 0 amide bonds. The SMILES string of the molecule is CCCCOc1cc(C(OC)OC)c(OC(C)C)c2c1C(=O)C1=C(O)[C@]3(O)C(=O)c4c(OCCCC)noc4[C@@H](N(C)C)[C@@H]3C[C@@H]1C2. The number of benzene rings is 1. The first-order valence-corrected chi connectivity index (χ1v) is 16.5. The van der Waals surface area contributed by atoms with Gasteiger partial charge in [0.05, 0.1) is 36.5 Å². The maximum atomic E-state index is 14.6. The van der Waals surface area contributed by atoms with Crippen molar-refractivity contribution >= 4 is 11.6 Å². The Labute approximate surface area is 275 Å². The first kappa shape index (κ1) is 34.9. The molecule has 4 atom stereocenters. The van der Waals surface area contributed by atoms with Gasteiger partial charge in [-0.3, -0.25) is 14.5 Å². The maximum Gasteiger partial charge on any atom is 0.265 e. The van der Waals surface area contributed by atoms with Gasteiger partial charge in [0.25, 0.3) is 5.88 Å². The molecule has 1 aromatic heterocycles. The Hall–Kier alpha value is -3.45. The number of nitrogens with zero attached hydrogens (tertiary/aromatic N) is 2. The van der Waals surface area contributed by atoms with Gasteiger partial charge in [-0.1, -0.05) is 26.7 Å². The van der Waals surface area contributed by atoms with Crippen molar-refractivity contribution in [3.05, 3.63) is 45.4 Å². The lowest BCUT2D eigenvalue weighted by molar-refractivity contribution is -0.107. The van der Waals surface area contributed by atoms with E-state index in [1.165, 1.54) is 14.2 Å². The van der Waals surface area contributed by atoms with Crippen molar-refractivity contribution in [3.8, 4) is 17.4 Å². The van der Waals surface area contributed by atoms with Crippen molar-refractivity contribution in [1.82, 2.24) is 10.1 Å². The van der Waals surface area contributed by atoms with Gasteiger partial charge in [-0.2, -0.15) is 0 Å². The van der Waals surface area contributed by atoms with E-state index in [2.05, 4.69) is 5.16 Å². The second-order valence-electron chi connectivity index (χ2n) is 13.1. The molecule has 0 unspecified atom stereocenters. The second kappa shape index (κ2) is 14.0. The Bertz CT molecular complexity index is 1520. The molecule has 0 bridgehead atoms. The molecular formula is C35H48N2O10. The number of rotatable bonds is 14. The van der Waals surface area contributed by atoms with Crippen molar-refractivity contribution in [1.29, 1.82) is 0 Å². The van der Waals surface area contributed by atoms with Crippen LogP contribution in [-0.2, 0) is 15.9 Å². The minimum absolute atomic E-state index is 0.00548. The van der Waals surface area contributed by atoms with Gasteiger partial charge in [0.15, 0.2) is 23.4 Å². The van der Waals surface area contributed by atoms with Crippen LogP contribution >= 0.6 is 0 Å². The Balaban J connectivity index is 1.71. The van der Waals surface area contributed by atoms with Crippen LogP contribution in [0, 0.1) is 11.8 Å². The number of unbranched alkanes of at least 4 members (excludes halogenated alkanes) is 2. The molecular weight excluding hydrogens is 608 g/mol. The predicted octanol–water partition coefficient (Wildman–Crippen LogP) is 5.53. The number of ketones is 2. The topological polar surface area (TPSA) is 150 Å². The smallest absolute Gasteiger partial charge is 0.265 e. The maximum absolute atomic E-state index is 14.6. The lowest BCUT2D eigenvalue weighted by Crippen LogP contribution is -2.59. The van der Waals surface area contributed by atoms with E-state index >= 15 is 0 Å². The number of carbonyl (C=O) groups is 2. The molecule has 12 heteroatoms. The van der Waals surface area contributed by atoms with E-state index in [0.29, 0.717) is 35.8 Å². The number of hydrogen-bond donors (Lipinski definition) is 2. The number of allylic oxidation sites excluding steroid dienone is 1. The van der Waals surface area contributed by atoms with Gasteiger partial charge in [-0.15, -0.1) is 0 Å². The highest BCUT2D eigenvalue weighted by Gasteiger charge is 2.64. The van der Waals surface area contributed by atoms with Crippen LogP contribution in [0.15, 0.2) is 21.9 Å². The molecule has 1 aromatic carbocycles. The van der Waals surface area contributed by atoms with Crippen LogP contribution in [0.5, 0.6) is 17.4 Å². The molecule has 3 aliphatic carbocycles. The van der Waals surface area contributed by atoms with Gasteiger partial charge in [0, 0.05) is 31.3 Å². The van der Waals surface area contributed by atoms with Crippen molar-refractivity contribution in [2.75, 3.05) is 41.5 Å². The normalized spacial score (nSPS) is 23.6. The molecule has 0 aliphatic heterocycles. The Morgan fingerprint density at radius 1 is 1.06 bits per heavy atom. The van der Waals surface area contributed by atoms with Crippen LogP contribution in [0.1, 0.15) is 110 Å². The lowest BCUT2D eigenvalue weighted by atomic mass is 9.58. The van der Waals surface area contributed by atoms with Gasteiger partial charge < -0.3 is 38.4 Å². The lowest BCUT2D eigenvalue weighted by Gasteiger charge is -2.49. The first-order valence-electron chi connectivity index (χ1n) is 16.5. The molecule has 12 nitrogen and oxygen atoms in total. The van der Waals surface area contributed by atoms with E-state index in [4.69, 9.17) is 28.2 Å². The molecule has 5 rings (SSSR count). The van der Waals surface area contributed by atoms with Crippen molar-refractivity contribution in [2.24, 2.45) is 11.8 Å². The molecule has 0 radical (unpaired) electrons. The van der Waals surface area contributed by atoms with Crippen molar-refractivity contribution < 1.29 is 48.0 Å². The summed E-state index contributed by atoms with van der Waals surface area (Å²) in [7, 11) is 6.66. The number of fused-ring (bicyclic) bond motifs is 4. The second-order valence-corrected chi connectivity index (χ2v) is 13.1. The minimum atomic E-state index is -2.41. The fourth-order valence-electron chi connectivity index (χ4n) is 7.24. The van der Waals surface area contributed by atoms with E-state index in [-0.39, 0.29) is 47.3 Å². The van der Waals surface area contributed by atoms with E-state index in [9.17, 15) is 19.8 Å². The molecule has 1 heterocycles. The number of Topliss-reactive ketones (excluding diaryl/α,β-unsaturated/α-hetero) is 2. The summed E-state index contributed by atoms with van der Waals surface area (Å²) in [6, 6.07) is 1.04. The molecule has 2 aromatic rings. The van der Waals surface area contributed by atoms with E-state index < -0.39 is 47.1 Å². The largest absolute Gasteiger partial charge is 0.508 e. The summed E-state index contributed by atoms with van der Waals surface area (Å²) in [5, 5.41) is 28.4. The van der Waals surface area contributed by atoms with Crippen molar-refractivity contribution in [3.63, 3.8) is 0 Å². The molecule has 47 heavy (non-hydrogen) atoms. The van der Waals surface area contributed by atoms with E-state index in [1.54, 1.807) is 20.2 Å². The molecule has 258 valence electrons. The number of methoxy groups -OCH3 is 2. The highest BCUT2D eigenvalue weighted by atomic mass is 16.7. The summed E-state index contributed by atoms with van der Waals surface area (Å²) in [6.45, 7) is 8.49. The third-order valence-corrected chi connectivity index (χ3v) is 9.39. The van der Waals surface area contributed by atoms with Gasteiger partial charge in [-0.05, 0) is 70.8 Å². The van der Waals surface area contributed by atoms with Crippen LogP contribution in [-0.4, -0.2) is 85.1 Å². The summed E-state index contributed by atoms with van der Waals surface area (Å²) < 4.78 is 35.4. The van der Waals surface area contributed by atoms with Crippen LogP contribution < -0.4 is 14.2 Å². The monoisotopic (exact) mass is 656 g/mol. The summed E-state index contributed by atoms with van der Waals surface area (Å²) in [4.78, 5) is 30.7. The molecule has 0 spiro atoms. The molecule has 3 aliphatic rings. The third kappa shape index (κ3) is 5.83. The first-order chi connectivity index (χ1) is 22.5. The van der Waals surface area contributed by atoms with Crippen LogP contribution in [0.4, 0.5) is 0 Å². The van der Waals surface area contributed by atoms with Crippen molar-refractivity contribution in [2.45, 2.75) is 90.3 Å². The van der Waals surface area contributed by atoms with Crippen LogP contribution in [0.2, 0.25) is 0 Å². The molecule has 0 saturated heterocycles. The fourth-order valence-corrected chi connectivity index (χ4v) is 7.24. The number of ether oxygens (including phenoxy) is 5. The number of aliphatic hydroxyl groups is 2. The number of hydrogen-bond acceptors (Lipinski definition) is 12. The molecule has 2 N–H and O–H groups in total. The fraction of sp³-hybridized carbons (Fsp3) is 0.629. The Morgan fingerprint density at radius 3 is 2.32 bits per heavy atom. The highest BCUT2D eigenvalue weighted by Crippen LogP contribution is 2.57.